The fraction of sp³-hybridized carbons (Fsp3) is 0.208. The molecule has 0 spiro atoms. The van der Waals surface area contributed by atoms with Crippen LogP contribution < -0.4 is 9.47 Å². The lowest BCUT2D eigenvalue weighted by Gasteiger charge is -2.14. The Balaban J connectivity index is 0.000000658. The van der Waals surface area contributed by atoms with E-state index in [0.29, 0.717) is 22.6 Å². The molecule has 1 aromatic carbocycles. The maximum atomic E-state index is 13.6. The average molecular weight is 517 g/mol. The summed E-state index contributed by atoms with van der Waals surface area (Å²) in [5.74, 6) is 0.374. The lowest BCUT2D eigenvalue weighted by atomic mass is 10.1. The van der Waals surface area contributed by atoms with Crippen LogP contribution in [-0.2, 0) is 11.0 Å². The Morgan fingerprint density at radius 3 is 2.44 bits per heavy atom. The van der Waals surface area contributed by atoms with Crippen LogP contribution in [0.2, 0.25) is 0 Å². The number of fused-ring (bicyclic) bond motifs is 1. The second-order valence-electron chi connectivity index (χ2n) is 7.43. The molecule has 0 saturated heterocycles. The van der Waals surface area contributed by atoms with Gasteiger partial charge in [0.15, 0.2) is 17.3 Å². The molecule has 3 aromatic rings. The number of pyridine rings is 2. The summed E-state index contributed by atoms with van der Waals surface area (Å²) in [4.78, 5) is 31.5. The number of nitriles is 1. The van der Waals surface area contributed by atoms with Crippen molar-refractivity contribution in [3.8, 4) is 28.8 Å². The number of ketones is 1. The van der Waals surface area contributed by atoms with E-state index in [0.717, 1.165) is 24.2 Å². The number of thioether (sulfide) groups is 1. The lowest BCUT2D eigenvalue weighted by Crippen LogP contribution is -2.11. The zero-order valence-corrected chi connectivity index (χ0v) is 19.9. The quantitative estimate of drug-likeness (QED) is 0.269. The summed E-state index contributed by atoms with van der Waals surface area (Å²) in [6.07, 6.45) is -1.15. The fourth-order valence-electron chi connectivity index (χ4n) is 2.92. The van der Waals surface area contributed by atoms with E-state index in [1.54, 1.807) is 32.3 Å². The number of alkyl halides is 3. The highest BCUT2D eigenvalue weighted by molar-refractivity contribution is 8.00. The van der Waals surface area contributed by atoms with Crippen molar-refractivity contribution < 1.29 is 32.2 Å². The lowest BCUT2D eigenvalue weighted by molar-refractivity contribution is -0.138. The molecule has 0 saturated carbocycles. The van der Waals surface area contributed by atoms with E-state index in [1.165, 1.54) is 35.5 Å². The summed E-state index contributed by atoms with van der Waals surface area (Å²) in [7, 11) is 3.38. The van der Waals surface area contributed by atoms with Gasteiger partial charge in [0.05, 0.1) is 22.6 Å². The predicted molar refractivity (Wildman–Crippen MR) is 125 cm³/mol. The molecular weight excluding hydrogens is 497 g/mol. The molecule has 0 fully saturated rings. The van der Waals surface area contributed by atoms with Gasteiger partial charge in [-0.1, -0.05) is 11.8 Å². The molecule has 1 aliphatic rings. The molecule has 8 nitrogen and oxygen atoms in total. The third-order valence-corrected chi connectivity index (χ3v) is 5.60. The van der Waals surface area contributed by atoms with Crippen molar-refractivity contribution in [3.05, 3.63) is 65.5 Å². The summed E-state index contributed by atoms with van der Waals surface area (Å²) in [6.45, 7) is 0.0548. The van der Waals surface area contributed by atoms with Gasteiger partial charge >= 0.3 is 6.18 Å². The van der Waals surface area contributed by atoms with Gasteiger partial charge in [0.25, 0.3) is 0 Å². The number of nitrogens with zero attached hydrogens (tertiary/aromatic N) is 4. The second-order valence-corrected chi connectivity index (χ2v) is 8.39. The summed E-state index contributed by atoms with van der Waals surface area (Å²) in [5, 5.41) is 9.22. The smallest absolute Gasteiger partial charge is 0.417 e. The Labute approximate surface area is 208 Å². The first-order valence-corrected chi connectivity index (χ1v) is 11.2. The van der Waals surface area contributed by atoms with Crippen molar-refractivity contribution in [2.24, 2.45) is 0 Å². The zero-order valence-electron chi connectivity index (χ0n) is 19.1. The molecule has 1 aliphatic heterocycles. The minimum atomic E-state index is -4.76. The number of ether oxygens (including phenoxy) is 2. The highest BCUT2D eigenvalue weighted by atomic mass is 32.2. The van der Waals surface area contributed by atoms with Gasteiger partial charge in [0.1, 0.15) is 11.1 Å². The van der Waals surface area contributed by atoms with Crippen LogP contribution in [-0.4, -0.2) is 53.7 Å². The largest absolute Gasteiger partial charge is 0.454 e. The van der Waals surface area contributed by atoms with Crippen LogP contribution in [0.3, 0.4) is 0 Å². The molecule has 0 bridgehead atoms. The van der Waals surface area contributed by atoms with Crippen LogP contribution >= 0.6 is 11.8 Å². The van der Waals surface area contributed by atoms with Crippen LogP contribution in [0.1, 0.15) is 21.5 Å². The van der Waals surface area contributed by atoms with Crippen molar-refractivity contribution in [3.63, 3.8) is 0 Å². The summed E-state index contributed by atoms with van der Waals surface area (Å²) in [6, 6.07) is 10.1. The molecule has 0 unspecified atom stereocenters. The Kier molecular flexibility index (Phi) is 8.50. The van der Waals surface area contributed by atoms with E-state index in [9.17, 15) is 28.0 Å². The number of carbonyl (C=O) groups excluding carboxylic acids is 2. The van der Waals surface area contributed by atoms with E-state index in [4.69, 9.17) is 9.47 Å². The monoisotopic (exact) mass is 516 g/mol. The molecule has 4 rings (SSSR count). The molecule has 2 aromatic heterocycles. The zero-order chi connectivity index (χ0) is 26.3. The highest BCUT2D eigenvalue weighted by Crippen LogP contribution is 2.38. The normalized spacial score (nSPS) is 11.7. The highest BCUT2D eigenvalue weighted by Gasteiger charge is 2.36. The molecule has 0 aliphatic carbocycles. The number of Topliss-reactive ketones (excluding diaryl/α,β-unsaturated/α-hetero) is 1. The molecule has 0 N–H and O–H groups in total. The van der Waals surface area contributed by atoms with E-state index in [-0.39, 0.29) is 29.0 Å². The number of benzene rings is 1. The van der Waals surface area contributed by atoms with Gasteiger partial charge < -0.3 is 14.4 Å². The van der Waals surface area contributed by atoms with Crippen molar-refractivity contribution in [1.82, 2.24) is 14.9 Å². The minimum Gasteiger partial charge on any atom is -0.454 e. The molecule has 12 heteroatoms. The van der Waals surface area contributed by atoms with Crippen LogP contribution in [0.15, 0.2) is 53.8 Å². The van der Waals surface area contributed by atoms with Gasteiger partial charge in [-0.2, -0.15) is 18.4 Å². The third-order valence-electron chi connectivity index (χ3n) is 4.62. The van der Waals surface area contributed by atoms with Crippen molar-refractivity contribution in [1.29, 1.82) is 5.26 Å². The van der Waals surface area contributed by atoms with E-state index in [2.05, 4.69) is 9.97 Å². The molecule has 1 amide bonds. The SMILES string of the molecule is CN(C)C=O.N#Cc1c(C(F)(F)F)cc(-c2ccncc2)nc1SCC(=O)c1ccc2c(c1)OCO2. The Bertz CT molecular complexity index is 1290. The fourth-order valence-corrected chi connectivity index (χ4v) is 3.81. The van der Waals surface area contributed by atoms with Crippen LogP contribution in [0.5, 0.6) is 11.5 Å². The first-order chi connectivity index (χ1) is 17.1. The van der Waals surface area contributed by atoms with Crippen molar-refractivity contribution in [2.75, 3.05) is 26.6 Å². The number of amides is 1. The molecule has 0 radical (unpaired) electrons. The van der Waals surface area contributed by atoms with E-state index >= 15 is 0 Å². The number of hydrogen-bond donors (Lipinski definition) is 0. The predicted octanol–water partition coefficient (Wildman–Crippen LogP) is 4.44. The number of rotatable bonds is 6. The molecular formula is C24H19F3N4O4S. The number of carbonyl (C=O) groups is 2. The van der Waals surface area contributed by atoms with Gasteiger partial charge in [-0.25, -0.2) is 4.98 Å². The number of halogens is 3. The Morgan fingerprint density at radius 2 is 1.83 bits per heavy atom. The van der Waals surface area contributed by atoms with Crippen LogP contribution in [0.25, 0.3) is 11.3 Å². The Morgan fingerprint density at radius 1 is 1.17 bits per heavy atom. The number of aromatic nitrogens is 2. The van der Waals surface area contributed by atoms with Gasteiger partial charge in [-0.05, 0) is 36.4 Å². The molecule has 3 heterocycles. The van der Waals surface area contributed by atoms with Crippen LogP contribution in [0.4, 0.5) is 13.2 Å². The van der Waals surface area contributed by atoms with Crippen molar-refractivity contribution in [2.45, 2.75) is 11.2 Å². The average Bonchev–Trinajstić information content (AvgIpc) is 3.35. The standard InChI is InChI=1S/C21H12F3N3O3S.C3H7NO/c22-21(23,24)15-8-16(12-3-5-26-6-4-12)27-20(14(15)9-25)31-10-17(28)13-1-2-18-19(7-13)30-11-29-18;1-4(2)3-5/h1-8H,10-11H2;3H,1-2H3. The van der Waals surface area contributed by atoms with Gasteiger partial charge in [0, 0.05) is 37.6 Å². The Hall–Kier alpha value is -4.11. The molecule has 36 heavy (non-hydrogen) atoms. The number of hydrogen-bond acceptors (Lipinski definition) is 8. The van der Waals surface area contributed by atoms with E-state index in [1.807, 2.05) is 0 Å². The van der Waals surface area contributed by atoms with E-state index < -0.39 is 17.3 Å². The van der Waals surface area contributed by atoms with Crippen molar-refractivity contribution >= 4 is 24.0 Å². The second kappa shape index (κ2) is 11.5. The summed E-state index contributed by atoms with van der Waals surface area (Å²) in [5.41, 5.74) is -0.957. The van der Waals surface area contributed by atoms with Gasteiger partial charge in [-0.15, -0.1) is 0 Å². The topological polar surface area (TPSA) is 105 Å². The molecule has 0 atom stereocenters. The maximum absolute atomic E-state index is 13.6. The van der Waals surface area contributed by atoms with Gasteiger partial charge in [0.2, 0.25) is 13.2 Å². The minimum absolute atomic E-state index is 0.0340. The first-order valence-electron chi connectivity index (χ1n) is 10.2. The maximum Gasteiger partial charge on any atom is 0.417 e. The third kappa shape index (κ3) is 6.51. The molecule has 186 valence electrons. The summed E-state index contributed by atoms with van der Waals surface area (Å²) < 4.78 is 51.3. The van der Waals surface area contributed by atoms with Gasteiger partial charge in [-0.3, -0.25) is 14.6 Å². The summed E-state index contributed by atoms with van der Waals surface area (Å²) >= 11 is 0.776. The first kappa shape index (κ1) is 26.5. The van der Waals surface area contributed by atoms with Crippen LogP contribution in [0, 0.1) is 11.3 Å².